The van der Waals surface area contributed by atoms with Crippen LogP contribution in [-0.2, 0) is 0 Å². The van der Waals surface area contributed by atoms with Crippen LogP contribution in [0.3, 0.4) is 0 Å². The van der Waals surface area contributed by atoms with Crippen molar-refractivity contribution in [3.8, 4) is 0 Å². The van der Waals surface area contributed by atoms with Gasteiger partial charge in [-0.05, 0) is 36.7 Å². The molecule has 0 unspecified atom stereocenters. The second-order valence-electron chi connectivity index (χ2n) is 3.35. The predicted molar refractivity (Wildman–Crippen MR) is 53.2 cm³/mol. The highest BCUT2D eigenvalue weighted by molar-refractivity contribution is 9.10. The number of nitrogens with one attached hydrogen (secondary N) is 1. The molecule has 0 radical (unpaired) electrons. The van der Waals surface area contributed by atoms with Gasteiger partial charge in [-0.15, -0.1) is 11.3 Å². The molecule has 0 spiro atoms. The van der Waals surface area contributed by atoms with Crippen molar-refractivity contribution in [2.24, 2.45) is 0 Å². The average molecular weight is 235 g/mol. The van der Waals surface area contributed by atoms with Gasteiger partial charge < -0.3 is 5.32 Å². The molecule has 0 amide bonds. The number of anilines is 1. The van der Waals surface area contributed by atoms with Crippen LogP contribution in [-0.4, -0.2) is 10.5 Å². The Morgan fingerprint density at radius 3 is 2.55 bits per heavy atom. The lowest BCUT2D eigenvalue weighted by Crippen LogP contribution is -2.25. The van der Waals surface area contributed by atoms with Gasteiger partial charge in [-0.2, -0.15) is 0 Å². The van der Waals surface area contributed by atoms with Crippen molar-refractivity contribution in [1.82, 2.24) is 4.98 Å². The van der Waals surface area contributed by atoms with E-state index in [1.165, 1.54) is 0 Å². The molecule has 4 heteroatoms. The third kappa shape index (κ3) is 3.20. The molecule has 11 heavy (non-hydrogen) atoms. The summed E-state index contributed by atoms with van der Waals surface area (Å²) >= 11 is 4.91. The Kier molecular flexibility index (Phi) is 2.54. The zero-order valence-corrected chi connectivity index (χ0v) is 9.21. The first-order valence-corrected chi connectivity index (χ1v) is 5.04. The number of aromatic nitrogens is 1. The summed E-state index contributed by atoms with van der Waals surface area (Å²) in [5.41, 5.74) is 0.0945. The zero-order chi connectivity index (χ0) is 8.48. The molecule has 1 heterocycles. The predicted octanol–water partition coefficient (Wildman–Crippen LogP) is 3.12. The van der Waals surface area contributed by atoms with Crippen molar-refractivity contribution in [2.75, 3.05) is 5.32 Å². The Labute approximate surface area is 79.2 Å². The fraction of sp³-hybridized carbons (Fsp3) is 0.571. The van der Waals surface area contributed by atoms with Gasteiger partial charge in [0.2, 0.25) is 0 Å². The molecule has 1 rings (SSSR count). The Balaban J connectivity index is 2.65. The van der Waals surface area contributed by atoms with Gasteiger partial charge in [-0.1, -0.05) is 0 Å². The summed E-state index contributed by atoms with van der Waals surface area (Å²) in [7, 11) is 0. The highest BCUT2D eigenvalue weighted by atomic mass is 79.9. The standard InChI is InChI=1S/C7H11BrN2S/c1-7(2,3)10-6-9-5(8)4-11-6/h4H,1-3H3,(H,9,10). The monoisotopic (exact) mass is 234 g/mol. The number of hydrogen-bond donors (Lipinski definition) is 1. The second kappa shape index (κ2) is 3.11. The van der Waals surface area contributed by atoms with Gasteiger partial charge in [0.1, 0.15) is 4.60 Å². The summed E-state index contributed by atoms with van der Waals surface area (Å²) in [5, 5.41) is 6.21. The number of rotatable bonds is 1. The van der Waals surface area contributed by atoms with Gasteiger partial charge in [-0.3, -0.25) is 0 Å². The minimum atomic E-state index is 0.0945. The van der Waals surface area contributed by atoms with Crippen LogP contribution < -0.4 is 5.32 Å². The van der Waals surface area contributed by atoms with E-state index in [1.807, 2.05) is 5.38 Å². The van der Waals surface area contributed by atoms with Gasteiger partial charge in [0.15, 0.2) is 5.13 Å². The maximum Gasteiger partial charge on any atom is 0.184 e. The summed E-state index contributed by atoms with van der Waals surface area (Å²) in [6, 6.07) is 0. The molecular formula is C7H11BrN2S. The lowest BCUT2D eigenvalue weighted by Gasteiger charge is -2.19. The third-order valence-electron chi connectivity index (χ3n) is 0.958. The molecule has 2 nitrogen and oxygen atoms in total. The van der Waals surface area contributed by atoms with E-state index in [1.54, 1.807) is 11.3 Å². The van der Waals surface area contributed by atoms with Crippen molar-refractivity contribution >= 4 is 32.4 Å². The first-order valence-electron chi connectivity index (χ1n) is 3.36. The molecule has 0 saturated carbocycles. The molecule has 0 aliphatic heterocycles. The molecule has 0 fully saturated rings. The highest BCUT2D eigenvalue weighted by Crippen LogP contribution is 2.22. The summed E-state index contributed by atoms with van der Waals surface area (Å²) < 4.78 is 0.897. The SMILES string of the molecule is CC(C)(C)Nc1nc(Br)cs1. The second-order valence-corrected chi connectivity index (χ2v) is 5.02. The number of nitrogens with zero attached hydrogens (tertiary/aromatic N) is 1. The maximum atomic E-state index is 4.22. The van der Waals surface area contributed by atoms with E-state index >= 15 is 0 Å². The fourth-order valence-electron chi connectivity index (χ4n) is 0.632. The molecule has 0 atom stereocenters. The summed E-state index contributed by atoms with van der Waals surface area (Å²) in [6.45, 7) is 6.34. The quantitative estimate of drug-likeness (QED) is 0.808. The van der Waals surface area contributed by atoms with Gasteiger partial charge in [0.25, 0.3) is 0 Å². The molecule has 1 N–H and O–H groups in total. The van der Waals surface area contributed by atoms with E-state index < -0.39 is 0 Å². The molecule has 0 bridgehead atoms. The first kappa shape index (κ1) is 9.00. The number of hydrogen-bond acceptors (Lipinski definition) is 3. The van der Waals surface area contributed by atoms with Crippen molar-refractivity contribution in [1.29, 1.82) is 0 Å². The summed E-state index contributed by atoms with van der Waals surface area (Å²) in [6.07, 6.45) is 0. The average Bonchev–Trinajstić information content (AvgIpc) is 2.10. The van der Waals surface area contributed by atoms with Crippen LogP contribution in [0.5, 0.6) is 0 Å². The van der Waals surface area contributed by atoms with Crippen molar-refractivity contribution in [2.45, 2.75) is 26.3 Å². The normalized spacial score (nSPS) is 11.6. The van der Waals surface area contributed by atoms with Gasteiger partial charge in [-0.25, -0.2) is 4.98 Å². The molecule has 0 saturated heterocycles. The van der Waals surface area contributed by atoms with E-state index in [-0.39, 0.29) is 5.54 Å². The molecule has 1 aromatic rings. The molecule has 1 aromatic heterocycles. The minimum Gasteiger partial charge on any atom is -0.357 e. The third-order valence-corrected chi connectivity index (χ3v) is 2.43. The van der Waals surface area contributed by atoms with E-state index in [0.29, 0.717) is 0 Å². The minimum absolute atomic E-state index is 0.0945. The van der Waals surface area contributed by atoms with E-state index in [0.717, 1.165) is 9.73 Å². The fourth-order valence-corrected chi connectivity index (χ4v) is 1.99. The maximum absolute atomic E-state index is 4.22. The van der Waals surface area contributed by atoms with Crippen LogP contribution in [0, 0.1) is 0 Å². The molecule has 0 aliphatic carbocycles. The molecular weight excluding hydrogens is 224 g/mol. The van der Waals surface area contributed by atoms with E-state index in [9.17, 15) is 0 Å². The van der Waals surface area contributed by atoms with Crippen LogP contribution in [0.4, 0.5) is 5.13 Å². The Hall–Kier alpha value is -0.0900. The van der Waals surface area contributed by atoms with Crippen LogP contribution in [0.25, 0.3) is 0 Å². The Bertz CT molecular complexity index is 239. The van der Waals surface area contributed by atoms with E-state index in [4.69, 9.17) is 0 Å². The number of thiazole rings is 1. The van der Waals surface area contributed by atoms with Crippen LogP contribution >= 0.6 is 27.3 Å². The largest absolute Gasteiger partial charge is 0.357 e. The molecule has 62 valence electrons. The van der Waals surface area contributed by atoms with E-state index in [2.05, 4.69) is 47.0 Å². The topological polar surface area (TPSA) is 24.9 Å². The van der Waals surface area contributed by atoms with Crippen LogP contribution in [0.1, 0.15) is 20.8 Å². The smallest absolute Gasteiger partial charge is 0.184 e. The Morgan fingerprint density at radius 2 is 2.18 bits per heavy atom. The van der Waals surface area contributed by atoms with Crippen molar-refractivity contribution in [3.05, 3.63) is 9.98 Å². The van der Waals surface area contributed by atoms with Crippen LogP contribution in [0.2, 0.25) is 0 Å². The van der Waals surface area contributed by atoms with Crippen LogP contribution in [0.15, 0.2) is 9.98 Å². The van der Waals surface area contributed by atoms with Gasteiger partial charge in [0.05, 0.1) is 0 Å². The lowest BCUT2D eigenvalue weighted by molar-refractivity contribution is 0.633. The van der Waals surface area contributed by atoms with Gasteiger partial charge in [0, 0.05) is 10.9 Å². The Morgan fingerprint density at radius 1 is 1.55 bits per heavy atom. The number of halogens is 1. The summed E-state index contributed by atoms with van der Waals surface area (Å²) in [5.74, 6) is 0. The summed E-state index contributed by atoms with van der Waals surface area (Å²) in [4.78, 5) is 4.22. The van der Waals surface area contributed by atoms with Crippen molar-refractivity contribution in [3.63, 3.8) is 0 Å². The van der Waals surface area contributed by atoms with Crippen molar-refractivity contribution < 1.29 is 0 Å². The van der Waals surface area contributed by atoms with Gasteiger partial charge >= 0.3 is 0 Å². The highest BCUT2D eigenvalue weighted by Gasteiger charge is 2.10. The molecule has 0 aliphatic rings. The zero-order valence-electron chi connectivity index (χ0n) is 6.81. The first-order chi connectivity index (χ1) is 4.97. The lowest BCUT2D eigenvalue weighted by atomic mass is 10.1. The molecule has 0 aromatic carbocycles.